The zero-order valence-electron chi connectivity index (χ0n) is 13.4. The van der Waals surface area contributed by atoms with Crippen molar-refractivity contribution in [2.75, 3.05) is 5.32 Å². The Hall–Kier alpha value is -3.15. The number of carbonyl (C=O) groups excluding carboxylic acids is 1. The lowest BCUT2D eigenvalue weighted by Gasteiger charge is -2.02. The molecule has 0 saturated carbocycles. The molecule has 0 atom stereocenters. The summed E-state index contributed by atoms with van der Waals surface area (Å²) in [4.78, 5) is 16.9. The third-order valence-electron chi connectivity index (χ3n) is 3.94. The van der Waals surface area contributed by atoms with Gasteiger partial charge >= 0.3 is 0 Å². The molecular formula is C18H16N4O2. The number of benzene rings is 1. The maximum atomic E-state index is 12.2. The molecule has 6 nitrogen and oxygen atoms in total. The summed E-state index contributed by atoms with van der Waals surface area (Å²) in [6.07, 6.45) is 1.72. The van der Waals surface area contributed by atoms with E-state index in [4.69, 9.17) is 4.42 Å². The lowest BCUT2D eigenvalue weighted by Crippen LogP contribution is -2.14. The molecule has 24 heavy (non-hydrogen) atoms. The van der Waals surface area contributed by atoms with Crippen LogP contribution in [0.5, 0.6) is 0 Å². The molecule has 0 unspecified atom stereocenters. The summed E-state index contributed by atoms with van der Waals surface area (Å²) >= 11 is 0. The van der Waals surface area contributed by atoms with Crippen LogP contribution >= 0.6 is 0 Å². The molecule has 0 radical (unpaired) electrons. The molecule has 1 N–H and O–H groups in total. The Labute approximate surface area is 138 Å². The van der Waals surface area contributed by atoms with E-state index in [1.54, 1.807) is 23.1 Å². The summed E-state index contributed by atoms with van der Waals surface area (Å²) in [7, 11) is 1.82. The number of aryl methyl sites for hydroxylation is 2. The number of hydrogen-bond acceptors (Lipinski definition) is 4. The molecule has 1 amide bonds. The van der Waals surface area contributed by atoms with Crippen LogP contribution < -0.4 is 5.32 Å². The van der Waals surface area contributed by atoms with Gasteiger partial charge in [0.05, 0.1) is 23.6 Å². The fraction of sp³-hybridized carbons (Fsp3) is 0.167. The molecule has 4 rings (SSSR count). The standard InChI is InChI=1S/C18H16N4O2/c1-11-5-6-12-9-14-17(20-16(23)10-13-4-3-7-24-13)21-22(2)18(14)19-15(12)8-11/h3-9H,10H2,1-2H3,(H,20,21,23). The molecule has 6 heteroatoms. The van der Waals surface area contributed by atoms with E-state index in [2.05, 4.69) is 15.4 Å². The van der Waals surface area contributed by atoms with Crippen molar-refractivity contribution in [1.82, 2.24) is 14.8 Å². The number of hydrogen-bond donors (Lipinski definition) is 1. The van der Waals surface area contributed by atoms with Crippen LogP contribution in [0.3, 0.4) is 0 Å². The fourth-order valence-electron chi connectivity index (χ4n) is 2.78. The number of nitrogens with one attached hydrogen (secondary N) is 1. The highest BCUT2D eigenvalue weighted by molar-refractivity contribution is 6.03. The minimum absolute atomic E-state index is 0.172. The largest absolute Gasteiger partial charge is 0.469 e. The number of pyridine rings is 1. The average Bonchev–Trinajstić information content (AvgIpc) is 3.15. The Kier molecular flexibility index (Phi) is 3.30. The quantitative estimate of drug-likeness (QED) is 0.629. The topological polar surface area (TPSA) is 73.0 Å². The zero-order chi connectivity index (χ0) is 16.7. The SMILES string of the molecule is Cc1ccc2cc3c(NC(=O)Cc4ccco4)nn(C)c3nc2c1. The smallest absolute Gasteiger partial charge is 0.233 e. The summed E-state index contributed by atoms with van der Waals surface area (Å²) in [5.41, 5.74) is 2.81. The van der Waals surface area contributed by atoms with Gasteiger partial charge in [0.2, 0.25) is 5.91 Å². The normalized spacial score (nSPS) is 11.2. The molecule has 3 aromatic heterocycles. The van der Waals surface area contributed by atoms with Crippen molar-refractivity contribution >= 4 is 33.7 Å². The lowest BCUT2D eigenvalue weighted by atomic mass is 10.1. The van der Waals surface area contributed by atoms with Crippen molar-refractivity contribution in [2.45, 2.75) is 13.3 Å². The Morgan fingerprint density at radius 2 is 2.17 bits per heavy atom. The third kappa shape index (κ3) is 2.52. The second kappa shape index (κ2) is 5.49. The van der Waals surface area contributed by atoms with Crippen molar-refractivity contribution in [1.29, 1.82) is 0 Å². The van der Waals surface area contributed by atoms with Crippen LogP contribution in [0.1, 0.15) is 11.3 Å². The second-order valence-electron chi connectivity index (χ2n) is 5.83. The van der Waals surface area contributed by atoms with Gasteiger partial charge in [-0.25, -0.2) is 9.67 Å². The van der Waals surface area contributed by atoms with Gasteiger partial charge < -0.3 is 9.73 Å². The number of carbonyl (C=O) groups is 1. The second-order valence-corrected chi connectivity index (χ2v) is 5.83. The van der Waals surface area contributed by atoms with Gasteiger partial charge in [-0.1, -0.05) is 12.1 Å². The van der Waals surface area contributed by atoms with Crippen molar-refractivity contribution in [2.24, 2.45) is 7.05 Å². The molecule has 0 saturated heterocycles. The molecule has 120 valence electrons. The van der Waals surface area contributed by atoms with Crippen LogP contribution in [-0.4, -0.2) is 20.7 Å². The molecule has 1 aromatic carbocycles. The number of fused-ring (bicyclic) bond motifs is 2. The number of furan rings is 1. The van der Waals surface area contributed by atoms with E-state index in [1.165, 1.54) is 0 Å². The van der Waals surface area contributed by atoms with Crippen LogP contribution in [-0.2, 0) is 18.3 Å². The van der Waals surface area contributed by atoms with E-state index in [0.29, 0.717) is 11.6 Å². The Morgan fingerprint density at radius 3 is 2.96 bits per heavy atom. The molecule has 0 aliphatic heterocycles. The monoisotopic (exact) mass is 320 g/mol. The first-order chi connectivity index (χ1) is 11.6. The molecule has 0 aliphatic rings. The number of anilines is 1. The highest BCUT2D eigenvalue weighted by Gasteiger charge is 2.14. The van der Waals surface area contributed by atoms with Gasteiger partial charge in [0.25, 0.3) is 0 Å². The van der Waals surface area contributed by atoms with Crippen LogP contribution in [0.15, 0.2) is 47.1 Å². The summed E-state index contributed by atoms with van der Waals surface area (Å²) in [6, 6.07) is 11.6. The maximum absolute atomic E-state index is 12.2. The van der Waals surface area contributed by atoms with E-state index >= 15 is 0 Å². The maximum Gasteiger partial charge on any atom is 0.233 e. The fourth-order valence-corrected chi connectivity index (χ4v) is 2.78. The van der Waals surface area contributed by atoms with Crippen molar-refractivity contribution in [3.05, 3.63) is 54.0 Å². The van der Waals surface area contributed by atoms with Gasteiger partial charge in [0.15, 0.2) is 11.5 Å². The summed E-state index contributed by atoms with van der Waals surface area (Å²) in [5, 5.41) is 9.08. The third-order valence-corrected chi connectivity index (χ3v) is 3.94. The predicted molar refractivity (Wildman–Crippen MR) is 91.8 cm³/mol. The van der Waals surface area contributed by atoms with E-state index in [9.17, 15) is 4.79 Å². The first-order valence-corrected chi connectivity index (χ1v) is 7.66. The van der Waals surface area contributed by atoms with Crippen molar-refractivity contribution < 1.29 is 9.21 Å². The minimum atomic E-state index is -0.172. The van der Waals surface area contributed by atoms with Gasteiger partial charge in [-0.3, -0.25) is 4.79 Å². The Bertz CT molecular complexity index is 1050. The molecule has 3 heterocycles. The summed E-state index contributed by atoms with van der Waals surface area (Å²) < 4.78 is 6.88. The molecule has 4 aromatic rings. The van der Waals surface area contributed by atoms with Gasteiger partial charge in [-0.05, 0) is 36.8 Å². The Morgan fingerprint density at radius 1 is 1.29 bits per heavy atom. The predicted octanol–water partition coefficient (Wildman–Crippen LogP) is 3.20. The molecular weight excluding hydrogens is 304 g/mol. The number of rotatable bonds is 3. The van der Waals surface area contributed by atoms with Crippen LogP contribution in [0.4, 0.5) is 5.82 Å². The zero-order valence-corrected chi connectivity index (χ0v) is 13.4. The van der Waals surface area contributed by atoms with Gasteiger partial charge in [-0.15, -0.1) is 0 Å². The van der Waals surface area contributed by atoms with Crippen LogP contribution in [0, 0.1) is 6.92 Å². The molecule has 0 fully saturated rings. The molecule has 0 spiro atoms. The first-order valence-electron chi connectivity index (χ1n) is 7.66. The summed E-state index contributed by atoms with van der Waals surface area (Å²) in [6.45, 7) is 2.04. The average molecular weight is 320 g/mol. The van der Waals surface area contributed by atoms with Crippen molar-refractivity contribution in [3.8, 4) is 0 Å². The van der Waals surface area contributed by atoms with Gasteiger partial charge in [-0.2, -0.15) is 5.10 Å². The van der Waals surface area contributed by atoms with Crippen LogP contribution in [0.25, 0.3) is 21.9 Å². The van der Waals surface area contributed by atoms with E-state index < -0.39 is 0 Å². The minimum Gasteiger partial charge on any atom is -0.469 e. The number of nitrogens with zero attached hydrogens (tertiary/aromatic N) is 3. The molecule has 0 aliphatic carbocycles. The first kappa shape index (κ1) is 14.4. The molecule has 0 bridgehead atoms. The highest BCUT2D eigenvalue weighted by atomic mass is 16.3. The highest BCUT2D eigenvalue weighted by Crippen LogP contribution is 2.26. The lowest BCUT2D eigenvalue weighted by molar-refractivity contribution is -0.115. The van der Waals surface area contributed by atoms with E-state index in [-0.39, 0.29) is 12.3 Å². The van der Waals surface area contributed by atoms with E-state index in [1.807, 2.05) is 38.2 Å². The van der Waals surface area contributed by atoms with E-state index in [0.717, 1.165) is 27.5 Å². The van der Waals surface area contributed by atoms with Crippen LogP contribution in [0.2, 0.25) is 0 Å². The number of amides is 1. The number of aromatic nitrogens is 3. The van der Waals surface area contributed by atoms with Gasteiger partial charge in [0.1, 0.15) is 5.76 Å². The van der Waals surface area contributed by atoms with Crippen molar-refractivity contribution in [3.63, 3.8) is 0 Å². The Balaban J connectivity index is 1.72. The summed E-state index contributed by atoms with van der Waals surface area (Å²) in [5.74, 6) is 0.958. The van der Waals surface area contributed by atoms with Gasteiger partial charge in [0, 0.05) is 12.4 Å².